The third kappa shape index (κ3) is 21.9. The van der Waals surface area contributed by atoms with Crippen LogP contribution in [0.15, 0.2) is 247 Å². The Bertz CT molecular complexity index is 5280. The lowest BCUT2D eigenvalue weighted by Gasteiger charge is -2.29. The molecule has 5 aromatic rings. The zero-order chi connectivity index (χ0) is 86.3. The Morgan fingerprint density at radius 3 is 1.24 bits per heavy atom. The number of Topliss-reactive ketones (excluding diaryl/α,β-unsaturated/α-hetero) is 4. The summed E-state index contributed by atoms with van der Waals surface area (Å²) in [5.41, 5.74) is 28.1. The number of rotatable bonds is 18. The number of nitrogens with two attached hydrogens (primary N) is 3. The second-order valence-electron chi connectivity index (χ2n) is 26.1. The summed E-state index contributed by atoms with van der Waals surface area (Å²) in [4.78, 5) is 121. The molecule has 5 unspecified atom stereocenters. The van der Waals surface area contributed by atoms with Crippen LogP contribution in [0.25, 0.3) is 0 Å². The van der Waals surface area contributed by atoms with Gasteiger partial charge in [0.1, 0.15) is 63.4 Å². The van der Waals surface area contributed by atoms with Crippen LogP contribution in [-0.2, 0) is 62.0 Å². The first-order chi connectivity index (χ1) is 54.2. The lowest BCUT2D eigenvalue weighted by atomic mass is 9.80. The number of carbonyl (C=O) groups is 9. The number of hydrogen-bond acceptors (Lipinski definition) is 24. The molecular formula is C87H87N7O21. The van der Waals surface area contributed by atoms with E-state index in [9.17, 15) is 58.9 Å². The Hall–Kier alpha value is -14.7. The van der Waals surface area contributed by atoms with Crippen LogP contribution in [0.3, 0.4) is 0 Å². The van der Waals surface area contributed by atoms with E-state index in [2.05, 4.69) is 30.1 Å². The van der Waals surface area contributed by atoms with Gasteiger partial charge in [-0.05, 0) is 196 Å². The van der Waals surface area contributed by atoms with Gasteiger partial charge in [0, 0.05) is 39.8 Å². The number of carbonyl (C=O) groups excluding carboxylic acids is 7. The molecule has 5 atom stereocenters. The van der Waals surface area contributed by atoms with Crippen molar-refractivity contribution < 1.29 is 102 Å². The molecule has 5 aromatic carbocycles. The largest absolute Gasteiger partial charge is 0.478 e. The first-order valence-electron chi connectivity index (χ1n) is 35.3. The maximum absolute atomic E-state index is 12.4. The lowest BCUT2D eigenvalue weighted by molar-refractivity contribution is -0.192. The average Bonchev–Trinajstić information content (AvgIpc) is 0.800. The van der Waals surface area contributed by atoms with Gasteiger partial charge in [0.15, 0.2) is 29.0 Å². The van der Waals surface area contributed by atoms with Gasteiger partial charge < -0.3 is 71.4 Å². The number of hydrogen-bond donors (Lipinski definition) is 8. The Labute approximate surface area is 663 Å². The summed E-state index contributed by atoms with van der Waals surface area (Å²) in [5, 5.41) is 67.5. The van der Waals surface area contributed by atoms with Crippen molar-refractivity contribution in [2.24, 2.45) is 17.2 Å². The van der Waals surface area contributed by atoms with Crippen molar-refractivity contribution in [3.8, 4) is 18.2 Å². The number of allylic oxidation sites excluding steroid dienone is 16. The van der Waals surface area contributed by atoms with Gasteiger partial charge in [-0.3, -0.25) is 19.2 Å². The molecule has 5 heterocycles. The molecule has 115 heavy (non-hydrogen) atoms. The Kier molecular flexibility index (Phi) is 32.3. The quantitative estimate of drug-likeness (QED) is 0.0378. The minimum atomic E-state index is -1.06. The third-order valence-corrected chi connectivity index (χ3v) is 18.5. The van der Waals surface area contributed by atoms with E-state index < -0.39 is 53.5 Å². The fourth-order valence-electron chi connectivity index (χ4n) is 13.4. The first-order valence-corrected chi connectivity index (χ1v) is 35.3. The molecule has 11 N–H and O–H groups in total. The minimum Gasteiger partial charge on any atom is -0.478 e. The van der Waals surface area contributed by atoms with Gasteiger partial charge in [0.2, 0.25) is 17.6 Å². The molecule has 10 rings (SSSR count). The molecule has 0 amide bonds. The van der Waals surface area contributed by atoms with E-state index in [4.69, 9.17) is 75.6 Å². The summed E-state index contributed by atoms with van der Waals surface area (Å²) in [7, 11) is 0. The van der Waals surface area contributed by atoms with E-state index >= 15 is 0 Å². The van der Waals surface area contributed by atoms with E-state index in [1.807, 2.05) is 38.1 Å². The molecule has 28 heteroatoms. The summed E-state index contributed by atoms with van der Waals surface area (Å²) in [6, 6.07) is 39.1. The number of aromatic carboxylic acids is 4. The van der Waals surface area contributed by atoms with Crippen LogP contribution < -0.4 is 22.5 Å². The van der Waals surface area contributed by atoms with Gasteiger partial charge in [0.05, 0.1) is 58.3 Å². The van der Waals surface area contributed by atoms with Crippen LogP contribution in [0, 0.1) is 40.9 Å². The maximum Gasteiger partial charge on any atom is 0.373 e. The minimum absolute atomic E-state index is 0.0236. The second-order valence-corrected chi connectivity index (χ2v) is 26.1. The summed E-state index contributed by atoms with van der Waals surface area (Å²) in [6.07, 6.45) is 0.910. The Morgan fingerprint density at radius 2 is 0.826 bits per heavy atom. The molecule has 28 nitrogen and oxygen atoms in total. The van der Waals surface area contributed by atoms with Crippen molar-refractivity contribution in [3.05, 3.63) is 303 Å². The van der Waals surface area contributed by atoms with E-state index in [1.54, 1.807) is 111 Å². The average molecular weight is 1570 g/mol. The molecular weight excluding hydrogens is 1480 g/mol. The predicted molar refractivity (Wildman–Crippen MR) is 416 cm³/mol. The van der Waals surface area contributed by atoms with Crippen LogP contribution in [0.4, 0.5) is 0 Å². The van der Waals surface area contributed by atoms with E-state index in [0.29, 0.717) is 85.7 Å². The van der Waals surface area contributed by atoms with Crippen molar-refractivity contribution >= 4 is 59.1 Å². The molecule has 5 aliphatic heterocycles. The summed E-state index contributed by atoms with van der Waals surface area (Å²) < 4.78 is 32.5. The van der Waals surface area contributed by atoms with Crippen LogP contribution in [0.5, 0.6) is 0 Å². The highest BCUT2D eigenvalue weighted by Gasteiger charge is 2.39. The Morgan fingerprint density at radius 1 is 0.435 bits per heavy atom. The van der Waals surface area contributed by atoms with Gasteiger partial charge in [-0.15, -0.1) is 0 Å². The van der Waals surface area contributed by atoms with E-state index in [0.717, 1.165) is 33.4 Å². The molecule has 0 aromatic heterocycles. The highest BCUT2D eigenvalue weighted by molar-refractivity contribution is 6.00. The topological polar surface area (TPSA) is 486 Å². The standard InChI is InChI=1S/C19H18N2O4.C18H21NO5.C17H15NO4.C16H16N2O2.C16H17NO4.CO2/c1-10(2)21-18-15(9-20)17(16(11(3)22)12(4)25-18)13-5-7-14(8-6-13)19(23)24;1-4-13-10(3)24-16(19)15(18(22)23-5-2)14(13)11-6-8-12(9-7-11)17(20)21;1-9(19)15-11(3)22-10(2)14(8-18)16(15)12-5-4-6-13(7-12)17(20)21;1-9-6-4-5-7-12(9)15-13(8-17)16(18)20-11(3)14(15)10(2)19;1-8-13(11-4-6-12(7-5-11)16(19)20)14(9(2)18)10(3)21-15(8)17;2-1-3/h5-8,17,21H,1H2,2-4H3,(H,23,24);6-9,14H,4-5,19H2,1-3H3,(H,20,21);4-7,16H,1-3H3,(H,20,21);4-7,15H,18H2,1-3H3;4-7,13H,17H2,1-3H3,(H,19,20);. The number of aryl methyl sites for hydroxylation is 1. The van der Waals surface area contributed by atoms with Gasteiger partial charge in [-0.1, -0.05) is 86.3 Å². The van der Waals surface area contributed by atoms with Crippen LogP contribution in [-0.4, -0.2) is 86.2 Å². The van der Waals surface area contributed by atoms with Gasteiger partial charge >= 0.3 is 36.0 Å². The number of esters is 1. The van der Waals surface area contributed by atoms with Crippen molar-refractivity contribution in [2.45, 2.75) is 140 Å². The number of carboxylic acid groups (broad SMARTS) is 4. The number of ketones is 4. The smallest absolute Gasteiger partial charge is 0.373 e. The zero-order valence-electron chi connectivity index (χ0n) is 65.9. The summed E-state index contributed by atoms with van der Waals surface area (Å²) >= 11 is 0. The van der Waals surface area contributed by atoms with Crippen LogP contribution in [0.1, 0.15) is 208 Å². The number of carboxylic acids is 4. The number of nitrogens with one attached hydrogen (secondary N) is 1. The van der Waals surface area contributed by atoms with Crippen molar-refractivity contribution in [2.75, 3.05) is 6.61 Å². The maximum atomic E-state index is 12.4. The predicted octanol–water partition coefficient (Wildman–Crippen LogP) is 13.9. The van der Waals surface area contributed by atoms with Crippen molar-refractivity contribution in [1.82, 2.24) is 5.32 Å². The summed E-state index contributed by atoms with van der Waals surface area (Å²) in [5.74, 6) is -4.20. The molecule has 596 valence electrons. The molecule has 0 radical (unpaired) electrons. The molecule has 0 saturated heterocycles. The van der Waals surface area contributed by atoms with E-state index in [1.165, 1.54) is 76.2 Å². The van der Waals surface area contributed by atoms with Crippen LogP contribution in [0.2, 0.25) is 0 Å². The Balaban J connectivity index is 0.000000255. The first kappa shape index (κ1) is 90.9. The van der Waals surface area contributed by atoms with Gasteiger partial charge in [0.25, 0.3) is 0 Å². The number of nitrogens with zero attached hydrogens (tertiary/aromatic N) is 3. The third-order valence-electron chi connectivity index (χ3n) is 18.5. The fraction of sp³-hybridized carbons (Fsp3) is 0.253. The molecule has 0 saturated carbocycles. The lowest BCUT2D eigenvalue weighted by Crippen LogP contribution is -2.26. The molecule has 0 aliphatic carbocycles. The number of ether oxygens (including phenoxy) is 6. The normalized spacial score (nSPS) is 17.4. The van der Waals surface area contributed by atoms with Crippen molar-refractivity contribution in [1.29, 1.82) is 15.8 Å². The second kappa shape index (κ2) is 40.8. The molecule has 0 fully saturated rings. The van der Waals surface area contributed by atoms with Crippen molar-refractivity contribution in [3.63, 3.8) is 0 Å². The number of nitriles is 3. The molecule has 0 bridgehead atoms. The molecule has 5 aliphatic rings. The van der Waals surface area contributed by atoms with Gasteiger partial charge in [-0.25, -0.2) is 24.0 Å². The fourth-order valence-corrected chi connectivity index (χ4v) is 13.4. The van der Waals surface area contributed by atoms with Gasteiger partial charge in [-0.2, -0.15) is 25.4 Å². The monoisotopic (exact) mass is 1570 g/mol. The highest BCUT2D eigenvalue weighted by Crippen LogP contribution is 2.46. The highest BCUT2D eigenvalue weighted by atomic mass is 16.5. The molecule has 0 spiro atoms. The van der Waals surface area contributed by atoms with E-state index in [-0.39, 0.29) is 104 Å². The number of benzene rings is 5. The van der Waals surface area contributed by atoms with Crippen LogP contribution >= 0.6 is 0 Å². The SMILES string of the molecule is C=C(C)NC1=C(C#N)C(c2ccc(C(=O)O)cc2)C(C(C)=O)=C(C)O1.CC(=O)C1=C(C)OC(C)=C(C#N)C1c1cccc(C(=O)O)c1.CC(=O)C1=C(C)OC(N)=C(C#N)C1c1ccccc1C.CC(=O)C1=C(C)OC(N)=C(C)C1c1ccc(C(=O)O)cc1.CCOC(=O)C1=C(N)OC(C)=C(CC)C1c1ccc(C(=O)O)cc1.O=C=O. The summed E-state index contributed by atoms with van der Waals surface area (Å²) in [6.45, 7) is 29.1. The zero-order valence-corrected chi connectivity index (χ0v) is 65.9.